The van der Waals surface area contributed by atoms with Crippen molar-refractivity contribution in [2.45, 2.75) is 32.4 Å². The molecule has 0 bridgehead atoms. The number of aryl methyl sites for hydroxylation is 2. The Labute approximate surface area is 186 Å². The second-order valence-electron chi connectivity index (χ2n) is 7.93. The highest BCUT2D eigenvalue weighted by Crippen LogP contribution is 2.30. The third-order valence-corrected chi connectivity index (χ3v) is 6.82. The molecule has 8 heteroatoms. The van der Waals surface area contributed by atoms with E-state index in [4.69, 9.17) is 0 Å². The molecule has 162 valence electrons. The van der Waals surface area contributed by atoms with Crippen LogP contribution in [-0.2, 0) is 17.8 Å². The number of fused-ring (bicyclic) bond motifs is 2. The van der Waals surface area contributed by atoms with E-state index in [9.17, 15) is 18.8 Å². The summed E-state index contributed by atoms with van der Waals surface area (Å²) in [6, 6.07) is 13.5. The van der Waals surface area contributed by atoms with Gasteiger partial charge in [0.1, 0.15) is 17.1 Å². The Morgan fingerprint density at radius 3 is 2.81 bits per heavy atom. The topological polar surface area (TPSA) is 73.1 Å². The molecule has 0 aliphatic heterocycles. The van der Waals surface area contributed by atoms with Crippen LogP contribution in [0.4, 0.5) is 4.39 Å². The Kier molecular flexibility index (Phi) is 5.01. The minimum atomic E-state index is -0.627. The minimum absolute atomic E-state index is 0.0994. The van der Waals surface area contributed by atoms with Crippen molar-refractivity contribution in [3.05, 3.63) is 97.3 Å². The fraction of sp³-hybridized carbons (Fsp3) is 0.208. The Balaban J connectivity index is 1.55. The number of carbonyl (C=O) groups is 1. The van der Waals surface area contributed by atoms with E-state index in [1.54, 1.807) is 18.4 Å². The number of rotatable bonds is 4. The Morgan fingerprint density at radius 1 is 1.19 bits per heavy atom. The molecule has 5 rings (SSSR count). The Bertz CT molecular complexity index is 1480. The van der Waals surface area contributed by atoms with Gasteiger partial charge in [-0.3, -0.25) is 14.2 Å². The van der Waals surface area contributed by atoms with Crippen molar-refractivity contribution >= 4 is 27.5 Å². The van der Waals surface area contributed by atoms with Gasteiger partial charge in [-0.1, -0.05) is 24.3 Å². The summed E-state index contributed by atoms with van der Waals surface area (Å²) >= 11 is 1.21. The van der Waals surface area contributed by atoms with Gasteiger partial charge in [-0.15, -0.1) is 11.3 Å². The second-order valence-corrected chi connectivity index (χ2v) is 8.85. The maximum Gasteiger partial charge on any atom is 0.336 e. The molecule has 0 saturated carbocycles. The summed E-state index contributed by atoms with van der Waals surface area (Å²) in [4.78, 5) is 39.4. The van der Waals surface area contributed by atoms with Crippen LogP contribution in [0, 0.1) is 12.7 Å². The summed E-state index contributed by atoms with van der Waals surface area (Å²) < 4.78 is 16.3. The molecule has 1 aliphatic carbocycles. The van der Waals surface area contributed by atoms with Gasteiger partial charge < -0.3 is 5.32 Å². The van der Waals surface area contributed by atoms with Crippen LogP contribution in [0.1, 0.15) is 29.2 Å². The van der Waals surface area contributed by atoms with Crippen molar-refractivity contribution in [3.8, 4) is 5.69 Å². The van der Waals surface area contributed by atoms with Gasteiger partial charge in [-0.25, -0.2) is 13.8 Å². The first-order valence-corrected chi connectivity index (χ1v) is 11.2. The number of carbonyl (C=O) groups excluding carboxylic acids is 1. The van der Waals surface area contributed by atoms with Gasteiger partial charge in [0.25, 0.3) is 5.56 Å². The van der Waals surface area contributed by atoms with E-state index < -0.39 is 17.1 Å². The lowest BCUT2D eigenvalue weighted by atomic mass is 10.1. The molecular formula is C24H20FN3O3S. The fourth-order valence-corrected chi connectivity index (χ4v) is 5.24. The summed E-state index contributed by atoms with van der Waals surface area (Å²) in [5.41, 5.74) is 2.39. The van der Waals surface area contributed by atoms with Gasteiger partial charge in [0, 0.05) is 0 Å². The molecule has 1 atom stereocenters. The number of aromatic nitrogens is 2. The number of hydrogen-bond donors (Lipinski definition) is 1. The molecule has 0 saturated heterocycles. The molecule has 1 amide bonds. The number of nitrogens with zero attached hydrogens (tertiary/aromatic N) is 2. The minimum Gasteiger partial charge on any atom is -0.348 e. The molecule has 1 N–H and O–H groups in total. The van der Waals surface area contributed by atoms with Gasteiger partial charge in [-0.05, 0) is 66.1 Å². The third-order valence-electron chi connectivity index (χ3n) is 5.92. The quantitative estimate of drug-likeness (QED) is 0.519. The van der Waals surface area contributed by atoms with Crippen LogP contribution in [-0.4, -0.2) is 15.0 Å². The van der Waals surface area contributed by atoms with E-state index in [2.05, 4.69) is 11.4 Å². The molecule has 2 heterocycles. The molecule has 0 radical (unpaired) electrons. The highest BCUT2D eigenvalue weighted by Gasteiger charge is 2.24. The van der Waals surface area contributed by atoms with Crippen LogP contribution in [0.2, 0.25) is 0 Å². The van der Waals surface area contributed by atoms with Gasteiger partial charge in [0.2, 0.25) is 5.91 Å². The van der Waals surface area contributed by atoms with Gasteiger partial charge >= 0.3 is 5.69 Å². The van der Waals surface area contributed by atoms with Crippen molar-refractivity contribution in [3.63, 3.8) is 0 Å². The number of amides is 1. The zero-order chi connectivity index (χ0) is 22.4. The van der Waals surface area contributed by atoms with Crippen molar-refractivity contribution in [2.75, 3.05) is 0 Å². The van der Waals surface area contributed by atoms with Crippen LogP contribution in [0.5, 0.6) is 0 Å². The zero-order valence-electron chi connectivity index (χ0n) is 17.3. The molecule has 0 unspecified atom stereocenters. The van der Waals surface area contributed by atoms with E-state index in [-0.39, 0.29) is 18.5 Å². The monoisotopic (exact) mass is 449 g/mol. The molecule has 2 aromatic heterocycles. The Hall–Kier alpha value is -3.52. The lowest BCUT2D eigenvalue weighted by Gasteiger charge is -2.17. The largest absolute Gasteiger partial charge is 0.348 e. The summed E-state index contributed by atoms with van der Waals surface area (Å²) in [7, 11) is 0. The lowest BCUT2D eigenvalue weighted by molar-refractivity contribution is -0.122. The molecule has 2 aromatic carbocycles. The highest BCUT2D eigenvalue weighted by molar-refractivity contribution is 7.17. The summed E-state index contributed by atoms with van der Waals surface area (Å²) in [5.74, 6) is -0.754. The summed E-state index contributed by atoms with van der Waals surface area (Å²) in [6.07, 6.45) is 1.70. The van der Waals surface area contributed by atoms with Crippen LogP contribution >= 0.6 is 11.3 Å². The molecule has 0 spiro atoms. The predicted molar refractivity (Wildman–Crippen MR) is 122 cm³/mol. The van der Waals surface area contributed by atoms with E-state index in [0.717, 1.165) is 23.0 Å². The van der Waals surface area contributed by atoms with E-state index >= 15 is 0 Å². The first-order chi connectivity index (χ1) is 15.4. The molecule has 0 fully saturated rings. The van der Waals surface area contributed by atoms with Gasteiger partial charge in [0.15, 0.2) is 0 Å². The van der Waals surface area contributed by atoms with E-state index in [1.807, 2.05) is 18.2 Å². The van der Waals surface area contributed by atoms with E-state index in [1.165, 1.54) is 39.7 Å². The number of hydrogen-bond acceptors (Lipinski definition) is 4. The van der Waals surface area contributed by atoms with Crippen molar-refractivity contribution in [1.82, 2.24) is 14.5 Å². The van der Waals surface area contributed by atoms with Crippen LogP contribution in [0.3, 0.4) is 0 Å². The molecule has 1 aliphatic rings. The van der Waals surface area contributed by atoms with Crippen LogP contribution in [0.15, 0.2) is 63.5 Å². The fourth-order valence-electron chi connectivity index (χ4n) is 4.41. The van der Waals surface area contributed by atoms with E-state index in [0.29, 0.717) is 21.5 Å². The third kappa shape index (κ3) is 3.36. The highest BCUT2D eigenvalue weighted by atomic mass is 32.1. The number of thiophene rings is 1. The lowest BCUT2D eigenvalue weighted by Crippen LogP contribution is -2.42. The van der Waals surface area contributed by atoms with Crippen LogP contribution < -0.4 is 16.6 Å². The second kappa shape index (κ2) is 7.87. The molecule has 32 heavy (non-hydrogen) atoms. The van der Waals surface area contributed by atoms with Gasteiger partial charge in [0.05, 0.1) is 17.2 Å². The molecular weight excluding hydrogens is 429 g/mol. The normalized spacial score (nSPS) is 15.1. The summed E-state index contributed by atoms with van der Waals surface area (Å²) in [6.45, 7) is 1.42. The number of halogens is 1. The maximum absolute atomic E-state index is 13.6. The molecule has 4 aromatic rings. The molecule has 6 nitrogen and oxygen atoms in total. The first kappa shape index (κ1) is 20.4. The van der Waals surface area contributed by atoms with Gasteiger partial charge in [-0.2, -0.15) is 0 Å². The number of benzene rings is 2. The average molecular weight is 450 g/mol. The van der Waals surface area contributed by atoms with Crippen molar-refractivity contribution < 1.29 is 9.18 Å². The maximum atomic E-state index is 13.6. The SMILES string of the molecule is Cc1cc(F)ccc1-n1c(=O)c2sccc2n(CC(=O)N[C@H]2CCc3ccccc32)c1=O. The van der Waals surface area contributed by atoms with Crippen LogP contribution in [0.25, 0.3) is 15.9 Å². The summed E-state index contributed by atoms with van der Waals surface area (Å²) in [5, 5.41) is 4.75. The standard InChI is InChI=1S/C24H20FN3O3S/c1-14-12-16(25)7-9-19(14)28-23(30)22-20(10-11-32-22)27(24(28)31)13-21(29)26-18-8-6-15-4-2-3-5-17(15)18/h2-5,7,9-12,18H,6,8,13H2,1H3,(H,26,29)/t18-/m0/s1. The Morgan fingerprint density at radius 2 is 2.00 bits per heavy atom. The smallest absolute Gasteiger partial charge is 0.336 e. The predicted octanol–water partition coefficient (Wildman–Crippen LogP) is 3.47. The average Bonchev–Trinajstić information content (AvgIpc) is 3.41. The first-order valence-electron chi connectivity index (χ1n) is 10.3. The van der Waals surface area contributed by atoms with Crippen molar-refractivity contribution in [1.29, 1.82) is 0 Å². The zero-order valence-corrected chi connectivity index (χ0v) is 18.1. The number of nitrogens with one attached hydrogen (secondary N) is 1. The van der Waals surface area contributed by atoms with Crippen molar-refractivity contribution in [2.24, 2.45) is 0 Å².